The summed E-state index contributed by atoms with van der Waals surface area (Å²) in [7, 11) is 0. The minimum absolute atomic E-state index is 0.00354. The molecule has 0 atom stereocenters. The lowest BCUT2D eigenvalue weighted by Crippen LogP contribution is -2.74. The van der Waals surface area contributed by atoms with Crippen molar-refractivity contribution in [3.05, 3.63) is 47.0 Å². The molecule has 1 aromatic heterocycles. The lowest BCUT2D eigenvalue weighted by atomic mass is 9.73. The molecule has 2 aromatic rings. The monoisotopic (exact) mass is 403 g/mol. The first-order chi connectivity index (χ1) is 13.5. The number of hydrogen-bond donors (Lipinski definition) is 0. The van der Waals surface area contributed by atoms with Crippen LogP contribution in [0.5, 0.6) is 0 Å². The van der Waals surface area contributed by atoms with E-state index in [2.05, 4.69) is 9.97 Å². The molecule has 4 heterocycles. The Morgan fingerprint density at radius 1 is 1.18 bits per heavy atom. The Labute approximate surface area is 166 Å². The third-order valence-electron chi connectivity index (χ3n) is 5.55. The van der Waals surface area contributed by atoms with Crippen LogP contribution in [-0.2, 0) is 11.3 Å². The fourth-order valence-corrected chi connectivity index (χ4v) is 4.43. The highest BCUT2D eigenvalue weighted by molar-refractivity contribution is 6.30. The lowest BCUT2D eigenvalue weighted by molar-refractivity contribution is 0.00893. The van der Waals surface area contributed by atoms with Crippen molar-refractivity contribution >= 4 is 29.3 Å². The van der Waals surface area contributed by atoms with Gasteiger partial charge in [0.2, 0.25) is 5.95 Å². The zero-order valence-electron chi connectivity index (χ0n) is 15.1. The minimum Gasteiger partial charge on any atom is -0.375 e. The fourth-order valence-electron chi connectivity index (χ4n) is 4.23. The number of nitrogens with zero attached hydrogens (tertiary/aromatic N) is 5. The summed E-state index contributed by atoms with van der Waals surface area (Å²) in [6, 6.07) is 5.54. The molecule has 1 spiro atoms. The van der Waals surface area contributed by atoms with Crippen LogP contribution in [0, 0.1) is 11.2 Å². The van der Waals surface area contributed by atoms with Gasteiger partial charge in [0.1, 0.15) is 0 Å². The highest BCUT2D eigenvalue weighted by atomic mass is 35.5. The highest BCUT2D eigenvalue weighted by Crippen LogP contribution is 2.42. The van der Waals surface area contributed by atoms with E-state index in [1.165, 1.54) is 12.4 Å². The van der Waals surface area contributed by atoms with Crippen molar-refractivity contribution in [2.75, 3.05) is 49.1 Å². The maximum absolute atomic E-state index is 13.1. The Hall–Kier alpha value is -2.45. The second-order valence-electron chi connectivity index (χ2n) is 7.67. The summed E-state index contributed by atoms with van der Waals surface area (Å²) < 4.78 is 18.6. The molecule has 0 aliphatic carbocycles. The van der Waals surface area contributed by atoms with Crippen LogP contribution in [0.4, 0.5) is 20.8 Å². The summed E-state index contributed by atoms with van der Waals surface area (Å²) >= 11 is 6.09. The molecular formula is C19H19ClFN5O2. The highest BCUT2D eigenvalue weighted by Gasteiger charge is 2.54. The molecule has 0 saturated carbocycles. The summed E-state index contributed by atoms with van der Waals surface area (Å²) in [6.07, 6.45) is 2.35. The largest absolute Gasteiger partial charge is 0.375 e. The number of halogens is 2. The number of urea groups is 1. The Morgan fingerprint density at radius 2 is 1.93 bits per heavy atom. The number of likely N-dealkylation sites (tertiary alicyclic amines) is 1. The third-order valence-corrected chi connectivity index (χ3v) is 5.78. The van der Waals surface area contributed by atoms with E-state index in [9.17, 15) is 9.18 Å². The number of fused-ring (bicyclic) bond motifs is 1. The van der Waals surface area contributed by atoms with Crippen LogP contribution in [0.2, 0.25) is 5.02 Å². The number of ether oxygens (including phenoxy) is 1. The number of benzene rings is 1. The van der Waals surface area contributed by atoms with Gasteiger partial charge in [-0.25, -0.2) is 19.2 Å². The first-order valence-electron chi connectivity index (χ1n) is 9.18. The van der Waals surface area contributed by atoms with Crippen LogP contribution in [0.15, 0.2) is 30.6 Å². The van der Waals surface area contributed by atoms with Gasteiger partial charge in [-0.1, -0.05) is 11.6 Å². The van der Waals surface area contributed by atoms with Gasteiger partial charge in [0, 0.05) is 42.2 Å². The van der Waals surface area contributed by atoms with E-state index < -0.39 is 5.82 Å². The Kier molecular flexibility index (Phi) is 4.13. The Bertz CT molecular complexity index is 911. The Balaban J connectivity index is 1.24. The molecule has 0 N–H and O–H groups in total. The number of amides is 2. The van der Waals surface area contributed by atoms with Gasteiger partial charge < -0.3 is 14.5 Å². The minimum atomic E-state index is -0.442. The van der Waals surface area contributed by atoms with Crippen molar-refractivity contribution in [3.8, 4) is 0 Å². The SMILES string of the molecule is O=C(N1CC2(C1)CN(c1ncc(F)cn1)C2)N1CCOCc2cc(Cl)ccc21. The number of carbonyl (C=O) groups is 1. The summed E-state index contributed by atoms with van der Waals surface area (Å²) in [5.74, 6) is 0.0923. The maximum atomic E-state index is 13.1. The standard InChI is InChI=1S/C19H19ClFN5O2/c20-14-1-2-16-13(5-14)8-28-4-3-26(16)18(27)25-11-19(12-25)9-24(10-19)17-22-6-15(21)7-23-17/h1-2,5-7H,3-4,8-12H2. The molecule has 2 amide bonds. The maximum Gasteiger partial charge on any atom is 0.324 e. The fraction of sp³-hybridized carbons (Fsp3) is 0.421. The van der Waals surface area contributed by atoms with Gasteiger partial charge >= 0.3 is 6.03 Å². The lowest BCUT2D eigenvalue weighted by Gasteiger charge is -2.60. The average Bonchev–Trinajstić information content (AvgIpc) is 2.82. The first-order valence-corrected chi connectivity index (χ1v) is 9.56. The second kappa shape index (κ2) is 6.56. The number of aromatic nitrogens is 2. The number of rotatable bonds is 1. The second-order valence-corrected chi connectivity index (χ2v) is 8.11. The van der Waals surface area contributed by atoms with Crippen LogP contribution in [-0.4, -0.2) is 60.2 Å². The molecule has 9 heteroatoms. The summed E-state index contributed by atoms with van der Waals surface area (Å²) in [5.41, 5.74) is 1.87. The van der Waals surface area contributed by atoms with Gasteiger partial charge in [-0.3, -0.25) is 4.90 Å². The predicted molar refractivity (Wildman–Crippen MR) is 102 cm³/mol. The van der Waals surface area contributed by atoms with Gasteiger partial charge in [-0.15, -0.1) is 0 Å². The molecule has 1 aromatic carbocycles. The first kappa shape index (κ1) is 17.6. The van der Waals surface area contributed by atoms with Crippen LogP contribution in [0.25, 0.3) is 0 Å². The van der Waals surface area contributed by atoms with Crippen molar-refractivity contribution in [3.63, 3.8) is 0 Å². The van der Waals surface area contributed by atoms with Gasteiger partial charge in [0.25, 0.3) is 0 Å². The van der Waals surface area contributed by atoms with E-state index in [0.29, 0.717) is 43.8 Å². The molecule has 5 rings (SSSR count). The number of carbonyl (C=O) groups excluding carboxylic acids is 1. The van der Waals surface area contributed by atoms with Crippen molar-refractivity contribution in [2.45, 2.75) is 6.61 Å². The zero-order valence-corrected chi connectivity index (χ0v) is 15.9. The van der Waals surface area contributed by atoms with Crippen LogP contribution in [0.1, 0.15) is 5.56 Å². The Morgan fingerprint density at radius 3 is 2.68 bits per heavy atom. The zero-order chi connectivity index (χ0) is 19.3. The van der Waals surface area contributed by atoms with Gasteiger partial charge in [0.15, 0.2) is 5.82 Å². The normalized spacial score (nSPS) is 20.3. The third kappa shape index (κ3) is 2.97. The molecule has 0 bridgehead atoms. The van der Waals surface area contributed by atoms with Crippen molar-refractivity contribution in [1.29, 1.82) is 0 Å². The van der Waals surface area contributed by atoms with Crippen molar-refractivity contribution < 1.29 is 13.9 Å². The van der Waals surface area contributed by atoms with E-state index >= 15 is 0 Å². The smallest absolute Gasteiger partial charge is 0.324 e. The van der Waals surface area contributed by atoms with E-state index in [4.69, 9.17) is 16.3 Å². The average molecular weight is 404 g/mol. The molecule has 0 radical (unpaired) electrons. The van der Waals surface area contributed by atoms with Gasteiger partial charge in [-0.05, 0) is 18.2 Å². The quantitative estimate of drug-likeness (QED) is 0.732. The van der Waals surface area contributed by atoms with E-state index in [0.717, 1.165) is 24.3 Å². The molecule has 7 nitrogen and oxygen atoms in total. The predicted octanol–water partition coefficient (Wildman–Crippen LogP) is 2.55. The van der Waals surface area contributed by atoms with Gasteiger partial charge in [-0.2, -0.15) is 0 Å². The number of hydrogen-bond acceptors (Lipinski definition) is 5. The van der Waals surface area contributed by atoms with Gasteiger partial charge in [0.05, 0.1) is 37.8 Å². The topological polar surface area (TPSA) is 61.8 Å². The van der Waals surface area contributed by atoms with Crippen LogP contribution >= 0.6 is 11.6 Å². The molecule has 146 valence electrons. The number of anilines is 2. The summed E-state index contributed by atoms with van der Waals surface area (Å²) in [5, 5.41) is 0.636. The van der Waals surface area contributed by atoms with E-state index in [1.54, 1.807) is 11.0 Å². The van der Waals surface area contributed by atoms with Crippen molar-refractivity contribution in [2.24, 2.45) is 5.41 Å². The molecule has 28 heavy (non-hydrogen) atoms. The van der Waals surface area contributed by atoms with Crippen LogP contribution < -0.4 is 9.80 Å². The van der Waals surface area contributed by atoms with E-state index in [1.807, 2.05) is 21.9 Å². The molecule has 3 aliphatic heterocycles. The molecule has 0 unspecified atom stereocenters. The molecule has 2 saturated heterocycles. The van der Waals surface area contributed by atoms with Crippen LogP contribution in [0.3, 0.4) is 0 Å². The summed E-state index contributed by atoms with van der Waals surface area (Å²) in [4.78, 5) is 26.8. The summed E-state index contributed by atoms with van der Waals surface area (Å²) in [6.45, 7) is 4.42. The molecule has 2 fully saturated rings. The molecule has 3 aliphatic rings. The molecular weight excluding hydrogens is 385 g/mol. The van der Waals surface area contributed by atoms with E-state index in [-0.39, 0.29) is 11.4 Å². The van der Waals surface area contributed by atoms with Crippen molar-refractivity contribution in [1.82, 2.24) is 14.9 Å².